The summed E-state index contributed by atoms with van der Waals surface area (Å²) < 4.78 is 14.7. The number of amides is 1. The highest BCUT2D eigenvalue weighted by molar-refractivity contribution is 5.89. The third-order valence-corrected chi connectivity index (χ3v) is 6.21. The Bertz CT molecular complexity index is 1000. The maximum Gasteiger partial charge on any atom is 0.389 e. The highest BCUT2D eigenvalue weighted by Gasteiger charge is 2.54. The highest BCUT2D eigenvalue weighted by atomic mass is 16.6. The van der Waals surface area contributed by atoms with E-state index in [1.54, 1.807) is 4.58 Å². The molecule has 3 heterocycles. The van der Waals surface area contributed by atoms with Gasteiger partial charge in [0, 0.05) is 37.0 Å². The van der Waals surface area contributed by atoms with Crippen molar-refractivity contribution in [1.82, 2.24) is 4.57 Å². The van der Waals surface area contributed by atoms with E-state index in [0.717, 1.165) is 12.8 Å². The minimum absolute atomic E-state index is 0.0606. The molecule has 0 unspecified atom stereocenters. The molecule has 2 aromatic rings. The average Bonchev–Trinajstić information content (AvgIpc) is 3.26. The van der Waals surface area contributed by atoms with Gasteiger partial charge in [-0.25, -0.2) is 4.79 Å². The van der Waals surface area contributed by atoms with Crippen LogP contribution in [0.15, 0.2) is 42.2 Å². The average molecular weight is 382 g/mol. The summed E-state index contributed by atoms with van der Waals surface area (Å²) in [6, 6.07) is 8.27. The van der Waals surface area contributed by atoms with E-state index in [2.05, 4.69) is 29.8 Å². The Hall–Kier alpha value is -2.76. The number of benzene rings is 1. The second kappa shape index (κ2) is 7.00. The predicted octanol–water partition coefficient (Wildman–Crippen LogP) is 2.44. The Kier molecular flexibility index (Phi) is 4.65. The third kappa shape index (κ3) is 2.87. The molecule has 1 aromatic carbocycles. The second-order valence-corrected chi connectivity index (χ2v) is 7.71. The summed E-state index contributed by atoms with van der Waals surface area (Å²) in [6.07, 6.45) is 5.36. The van der Waals surface area contributed by atoms with Crippen molar-refractivity contribution in [1.29, 1.82) is 0 Å². The summed E-state index contributed by atoms with van der Waals surface area (Å²) in [5, 5.41) is 13.2. The lowest BCUT2D eigenvalue weighted by Gasteiger charge is -2.25. The molecule has 0 saturated carbocycles. The van der Waals surface area contributed by atoms with Crippen molar-refractivity contribution < 1.29 is 24.0 Å². The molecule has 6 nitrogen and oxygen atoms in total. The number of allylic oxidation sites excluding steroid dienone is 1. The smallest absolute Gasteiger partial charge is 0.389 e. The van der Waals surface area contributed by atoms with Crippen LogP contribution in [0.2, 0.25) is 0 Å². The molecule has 6 heteroatoms. The van der Waals surface area contributed by atoms with Crippen molar-refractivity contribution >= 4 is 22.7 Å². The summed E-state index contributed by atoms with van der Waals surface area (Å²) in [7, 11) is 3.39. The monoisotopic (exact) mass is 382 g/mol. The number of methoxy groups -OCH3 is 1. The fraction of sp³-hybridized carbons (Fsp3) is 0.455. The van der Waals surface area contributed by atoms with Crippen molar-refractivity contribution in [2.75, 3.05) is 13.7 Å². The van der Waals surface area contributed by atoms with Crippen LogP contribution in [0.4, 0.5) is 0 Å². The number of nitrogens with zero attached hydrogens (tertiary/aromatic N) is 2. The van der Waals surface area contributed by atoms with Gasteiger partial charge in [0.25, 0.3) is 0 Å². The molecule has 0 spiro atoms. The van der Waals surface area contributed by atoms with E-state index in [4.69, 9.17) is 9.47 Å². The van der Waals surface area contributed by atoms with Gasteiger partial charge >= 0.3 is 11.8 Å². The maximum absolute atomic E-state index is 12.7. The first kappa shape index (κ1) is 18.6. The normalized spacial score (nSPS) is 23.8. The molecular formula is C22H26N2O4. The first-order chi connectivity index (χ1) is 13.5. The molecule has 2 aliphatic heterocycles. The molecule has 1 atom stereocenters. The Morgan fingerprint density at radius 2 is 2.18 bits per heavy atom. The zero-order valence-electron chi connectivity index (χ0n) is 16.7. The van der Waals surface area contributed by atoms with E-state index in [1.807, 2.05) is 19.2 Å². The van der Waals surface area contributed by atoms with Crippen LogP contribution in [-0.4, -0.2) is 34.6 Å². The fourth-order valence-electron chi connectivity index (χ4n) is 4.54. The van der Waals surface area contributed by atoms with E-state index >= 15 is 0 Å². The van der Waals surface area contributed by atoms with Gasteiger partial charge in [-0.2, -0.15) is 0 Å². The number of aryl methyl sites for hydroxylation is 1. The number of aromatic nitrogens is 1. The second-order valence-electron chi connectivity index (χ2n) is 7.71. The minimum atomic E-state index is -0.448. The quantitative estimate of drug-likeness (QED) is 0.589. The number of hydrogen-bond acceptors (Lipinski definition) is 4. The van der Waals surface area contributed by atoms with Gasteiger partial charge in [-0.1, -0.05) is 25.1 Å². The van der Waals surface area contributed by atoms with Crippen molar-refractivity contribution in [2.24, 2.45) is 12.5 Å². The van der Waals surface area contributed by atoms with Gasteiger partial charge in [0.2, 0.25) is 0 Å². The lowest BCUT2D eigenvalue weighted by molar-refractivity contribution is -0.465. The Balaban J connectivity index is 1.69. The molecule has 0 aliphatic carbocycles. The molecule has 4 rings (SSSR count). The zero-order chi connectivity index (χ0) is 19.9. The highest BCUT2D eigenvalue weighted by Crippen LogP contribution is 2.46. The predicted molar refractivity (Wildman–Crippen MR) is 103 cm³/mol. The van der Waals surface area contributed by atoms with E-state index in [9.17, 15) is 9.90 Å². The summed E-state index contributed by atoms with van der Waals surface area (Å²) in [5.74, 6) is 0.553. The first-order valence-electron chi connectivity index (χ1n) is 9.82. The summed E-state index contributed by atoms with van der Waals surface area (Å²) in [6.45, 7) is 2.63. The third-order valence-electron chi connectivity index (χ3n) is 6.21. The van der Waals surface area contributed by atoms with E-state index in [1.165, 1.54) is 23.6 Å². The van der Waals surface area contributed by atoms with Crippen LogP contribution in [0.25, 0.3) is 10.9 Å². The fourth-order valence-corrected chi connectivity index (χ4v) is 4.54. The van der Waals surface area contributed by atoms with Gasteiger partial charge in [-0.3, -0.25) is 0 Å². The molecule has 1 fully saturated rings. The number of para-hydroxylation sites is 1. The first-order valence-corrected chi connectivity index (χ1v) is 9.82. The number of ether oxygens (including phenoxy) is 2. The minimum Gasteiger partial charge on any atom is -0.614 e. The van der Waals surface area contributed by atoms with E-state index in [0.29, 0.717) is 37.5 Å². The zero-order valence-corrected chi connectivity index (χ0v) is 16.7. The van der Waals surface area contributed by atoms with Crippen LogP contribution < -0.4 is 5.11 Å². The number of fused-ring (bicyclic) bond motifs is 2. The molecule has 2 aliphatic rings. The summed E-state index contributed by atoms with van der Waals surface area (Å²) >= 11 is 0. The Morgan fingerprint density at radius 1 is 1.39 bits per heavy atom. The standard InChI is InChI=1S/C22H26N2O4/c1-4-22-11-9-19(25)24(21(22)28-18(13-22)20(26)27-3)12-10-15-14-23(2)17-8-6-5-7-16(15)17/h5-8,14H,4,9-13H2,1-3H3/b20-18-/t22-/m0/s1. The lowest BCUT2D eigenvalue weighted by atomic mass is 9.76. The number of hydrogen-bond donors (Lipinski definition) is 0. The topological polar surface area (TPSA) is 66.5 Å². The van der Waals surface area contributed by atoms with Gasteiger partial charge in [0.05, 0.1) is 12.4 Å². The van der Waals surface area contributed by atoms with Crippen LogP contribution in [0.3, 0.4) is 0 Å². The largest absolute Gasteiger partial charge is 0.614 e. The molecular weight excluding hydrogens is 356 g/mol. The van der Waals surface area contributed by atoms with Gasteiger partial charge in [-0.15, -0.1) is 4.58 Å². The maximum atomic E-state index is 12.7. The van der Waals surface area contributed by atoms with Crippen LogP contribution in [-0.2, 0) is 27.7 Å². The van der Waals surface area contributed by atoms with Crippen LogP contribution >= 0.6 is 0 Å². The van der Waals surface area contributed by atoms with Gasteiger partial charge in [0.1, 0.15) is 11.2 Å². The van der Waals surface area contributed by atoms with Crippen LogP contribution in [0.5, 0.6) is 0 Å². The van der Waals surface area contributed by atoms with Crippen LogP contribution in [0.1, 0.15) is 38.2 Å². The SMILES string of the molecule is CC[C@@]12CCC(=O)[N+](CCc3cn(C)c4ccccc34)=C1O/C(=C(/[O-])OC)C2. The molecule has 1 aromatic heterocycles. The van der Waals surface area contributed by atoms with Crippen molar-refractivity contribution in [3.05, 3.63) is 47.7 Å². The van der Waals surface area contributed by atoms with Gasteiger partial charge in [0.15, 0.2) is 6.54 Å². The van der Waals surface area contributed by atoms with Crippen molar-refractivity contribution in [2.45, 2.75) is 39.0 Å². The molecule has 0 bridgehead atoms. The lowest BCUT2D eigenvalue weighted by Crippen LogP contribution is -2.43. The molecule has 1 amide bonds. The Labute approximate surface area is 164 Å². The number of carbonyl (C=O) groups is 1. The molecule has 148 valence electrons. The molecule has 0 radical (unpaired) electrons. The summed E-state index contributed by atoms with van der Waals surface area (Å²) in [4.78, 5) is 12.7. The number of carbonyl (C=O) groups excluding carboxylic acids is 1. The summed E-state index contributed by atoms with van der Waals surface area (Å²) in [5.41, 5.74) is 2.10. The Morgan fingerprint density at radius 3 is 2.93 bits per heavy atom. The molecule has 1 saturated heterocycles. The van der Waals surface area contributed by atoms with Crippen molar-refractivity contribution in [3.8, 4) is 0 Å². The molecule has 0 N–H and O–H groups in total. The van der Waals surface area contributed by atoms with Crippen molar-refractivity contribution in [3.63, 3.8) is 0 Å². The van der Waals surface area contributed by atoms with Crippen LogP contribution in [0, 0.1) is 5.41 Å². The van der Waals surface area contributed by atoms with Gasteiger partial charge < -0.3 is 19.1 Å². The molecule has 28 heavy (non-hydrogen) atoms. The van der Waals surface area contributed by atoms with Gasteiger partial charge in [-0.05, 0) is 31.6 Å². The van der Waals surface area contributed by atoms with E-state index < -0.39 is 5.95 Å². The van der Waals surface area contributed by atoms with E-state index in [-0.39, 0.29) is 11.3 Å². The number of rotatable bonds is 5.